The van der Waals surface area contributed by atoms with E-state index < -0.39 is 12.9 Å². The Hall–Kier alpha value is -0.665. The first-order chi connectivity index (χ1) is 7.15. The molecule has 0 saturated heterocycles. The van der Waals surface area contributed by atoms with Crippen molar-refractivity contribution >= 4 is 28.5 Å². The monoisotopic (exact) mass is 280 g/mol. The van der Waals surface area contributed by atoms with Crippen molar-refractivity contribution in [1.29, 1.82) is 0 Å². The number of benzene rings is 1. The zero-order chi connectivity index (χ0) is 11.4. The predicted octanol–water partition coefficient (Wildman–Crippen LogP) is 1.27. The van der Waals surface area contributed by atoms with Gasteiger partial charge in [-0.15, -0.1) is 0 Å². The number of hydrogen-bond acceptors (Lipinski definition) is 5. The standard InChI is InChI=1S/C7H7BBrFO5/c1-13-7-4(9)2-3-5(10)6(7)8(14-11)15-12/h2-3,11-12H,1H3. The highest BCUT2D eigenvalue weighted by molar-refractivity contribution is 9.10. The van der Waals surface area contributed by atoms with E-state index in [0.29, 0.717) is 4.47 Å². The van der Waals surface area contributed by atoms with E-state index >= 15 is 0 Å². The molecule has 1 rings (SSSR count). The van der Waals surface area contributed by atoms with Crippen LogP contribution in [0.15, 0.2) is 16.6 Å². The lowest BCUT2D eigenvalue weighted by Crippen LogP contribution is -2.38. The van der Waals surface area contributed by atoms with Crippen molar-refractivity contribution in [2.45, 2.75) is 0 Å². The molecular formula is C7H7BBrFO5. The summed E-state index contributed by atoms with van der Waals surface area (Å²) >= 11 is 3.10. The molecule has 8 heteroatoms. The third-order valence-electron chi connectivity index (χ3n) is 1.73. The summed E-state index contributed by atoms with van der Waals surface area (Å²) in [5.41, 5.74) is -0.253. The summed E-state index contributed by atoms with van der Waals surface area (Å²) in [6.07, 6.45) is 0. The molecule has 5 nitrogen and oxygen atoms in total. The van der Waals surface area contributed by atoms with Gasteiger partial charge in [-0.05, 0) is 28.1 Å². The van der Waals surface area contributed by atoms with Crippen LogP contribution < -0.4 is 10.2 Å². The summed E-state index contributed by atoms with van der Waals surface area (Å²) in [6.45, 7) is 0. The van der Waals surface area contributed by atoms with E-state index in [2.05, 4.69) is 25.5 Å². The van der Waals surface area contributed by atoms with Crippen LogP contribution in [0.3, 0.4) is 0 Å². The molecular weight excluding hydrogens is 274 g/mol. The molecule has 2 N–H and O–H groups in total. The molecule has 0 radical (unpaired) electrons. The minimum Gasteiger partial charge on any atom is -0.496 e. The van der Waals surface area contributed by atoms with E-state index in [4.69, 9.17) is 15.3 Å². The number of hydrogen-bond donors (Lipinski definition) is 2. The van der Waals surface area contributed by atoms with Gasteiger partial charge in [0, 0.05) is 0 Å². The highest BCUT2D eigenvalue weighted by Gasteiger charge is 2.31. The Bertz CT molecular complexity index is 346. The van der Waals surface area contributed by atoms with Crippen LogP contribution in [-0.2, 0) is 9.61 Å². The summed E-state index contributed by atoms with van der Waals surface area (Å²) in [5.74, 6) is -0.689. The fraction of sp³-hybridized carbons (Fsp3) is 0.143. The van der Waals surface area contributed by atoms with Crippen LogP contribution in [0.4, 0.5) is 4.39 Å². The zero-order valence-electron chi connectivity index (χ0n) is 7.61. The quantitative estimate of drug-likeness (QED) is 0.494. The second-order valence-corrected chi connectivity index (χ2v) is 3.37. The maximum absolute atomic E-state index is 13.4. The molecule has 0 aliphatic carbocycles. The summed E-state index contributed by atoms with van der Waals surface area (Å²) in [7, 11) is -0.369. The highest BCUT2D eigenvalue weighted by atomic mass is 79.9. The Morgan fingerprint density at radius 3 is 2.40 bits per heavy atom. The summed E-state index contributed by atoms with van der Waals surface area (Å²) in [5, 5.41) is 16.8. The van der Waals surface area contributed by atoms with Crippen LogP contribution in [-0.4, -0.2) is 24.7 Å². The van der Waals surface area contributed by atoms with E-state index in [1.807, 2.05) is 0 Å². The van der Waals surface area contributed by atoms with Gasteiger partial charge in [-0.1, -0.05) is 0 Å². The smallest absolute Gasteiger partial charge is 0.496 e. The van der Waals surface area contributed by atoms with Gasteiger partial charge < -0.3 is 4.74 Å². The van der Waals surface area contributed by atoms with Crippen molar-refractivity contribution in [2.24, 2.45) is 0 Å². The minimum absolute atomic E-state index is 0.0584. The molecule has 0 amide bonds. The molecule has 0 aromatic heterocycles. The highest BCUT2D eigenvalue weighted by Crippen LogP contribution is 2.24. The summed E-state index contributed by atoms with van der Waals surface area (Å²) < 4.78 is 18.7. The number of methoxy groups -OCH3 is 1. The third kappa shape index (κ3) is 2.47. The molecule has 0 fully saturated rings. The summed E-state index contributed by atoms with van der Waals surface area (Å²) in [6, 6.07) is 2.51. The Morgan fingerprint density at radius 2 is 1.93 bits per heavy atom. The molecule has 0 bridgehead atoms. The maximum atomic E-state index is 13.4. The first kappa shape index (κ1) is 12.4. The Balaban J connectivity index is 3.29. The van der Waals surface area contributed by atoms with E-state index in [0.717, 1.165) is 6.07 Å². The number of rotatable bonds is 4. The van der Waals surface area contributed by atoms with E-state index in [9.17, 15) is 4.39 Å². The molecule has 0 atom stereocenters. The third-order valence-corrected chi connectivity index (χ3v) is 2.35. The minimum atomic E-state index is -1.67. The van der Waals surface area contributed by atoms with Crippen LogP contribution in [0.1, 0.15) is 0 Å². The Labute approximate surface area is 93.5 Å². The first-order valence-corrected chi connectivity index (χ1v) is 4.57. The fourth-order valence-electron chi connectivity index (χ4n) is 1.10. The average Bonchev–Trinajstić information content (AvgIpc) is 2.25. The van der Waals surface area contributed by atoms with E-state index in [-0.39, 0.29) is 11.2 Å². The largest absolute Gasteiger partial charge is 0.560 e. The van der Waals surface area contributed by atoms with Crippen LogP contribution in [0.5, 0.6) is 5.75 Å². The van der Waals surface area contributed by atoms with Crippen LogP contribution in [0.25, 0.3) is 0 Å². The van der Waals surface area contributed by atoms with Gasteiger partial charge in [0.15, 0.2) is 0 Å². The average molecular weight is 281 g/mol. The van der Waals surface area contributed by atoms with Gasteiger partial charge in [0.25, 0.3) is 0 Å². The van der Waals surface area contributed by atoms with Crippen molar-refractivity contribution in [1.82, 2.24) is 0 Å². The van der Waals surface area contributed by atoms with Crippen molar-refractivity contribution in [2.75, 3.05) is 7.11 Å². The topological polar surface area (TPSA) is 68.2 Å². The molecule has 1 aromatic rings. The second-order valence-electron chi connectivity index (χ2n) is 2.52. The normalized spacial score (nSPS) is 10.2. The zero-order valence-corrected chi connectivity index (χ0v) is 9.19. The first-order valence-electron chi connectivity index (χ1n) is 3.78. The lowest BCUT2D eigenvalue weighted by molar-refractivity contribution is -0.221. The van der Waals surface area contributed by atoms with Gasteiger partial charge in [0.05, 0.1) is 17.0 Å². The molecule has 1 aromatic carbocycles. The lowest BCUT2D eigenvalue weighted by Gasteiger charge is -2.12. The Kier molecular flexibility index (Phi) is 4.49. The SMILES string of the molecule is COc1c(Br)ccc(F)c1B(OO)OO. The number of ether oxygens (including phenoxy) is 1. The van der Waals surface area contributed by atoms with E-state index in [1.165, 1.54) is 13.2 Å². The van der Waals surface area contributed by atoms with Crippen molar-refractivity contribution < 1.29 is 29.3 Å². The van der Waals surface area contributed by atoms with Gasteiger partial charge in [0.2, 0.25) is 0 Å². The number of halogens is 2. The maximum Gasteiger partial charge on any atom is 0.560 e. The van der Waals surface area contributed by atoms with Crippen LogP contribution in [0, 0.1) is 5.82 Å². The Morgan fingerprint density at radius 1 is 1.33 bits per heavy atom. The predicted molar refractivity (Wildman–Crippen MR) is 53.5 cm³/mol. The molecule has 0 unspecified atom stereocenters. The lowest BCUT2D eigenvalue weighted by atomic mass is 9.78. The van der Waals surface area contributed by atoms with Crippen molar-refractivity contribution in [3.05, 3.63) is 22.4 Å². The van der Waals surface area contributed by atoms with Crippen molar-refractivity contribution in [3.8, 4) is 5.75 Å². The van der Waals surface area contributed by atoms with Crippen LogP contribution >= 0.6 is 15.9 Å². The summed E-state index contributed by atoms with van der Waals surface area (Å²) in [4.78, 5) is 7.50. The molecule has 0 spiro atoms. The van der Waals surface area contributed by atoms with Crippen LogP contribution in [0.2, 0.25) is 0 Å². The van der Waals surface area contributed by atoms with Gasteiger partial charge in [-0.25, -0.2) is 4.39 Å². The molecule has 0 saturated carbocycles. The molecule has 0 aliphatic rings. The molecule has 0 aliphatic heterocycles. The molecule has 82 valence electrons. The van der Waals surface area contributed by atoms with Gasteiger partial charge in [-0.2, -0.15) is 0 Å². The van der Waals surface area contributed by atoms with Crippen molar-refractivity contribution in [3.63, 3.8) is 0 Å². The van der Waals surface area contributed by atoms with E-state index in [1.54, 1.807) is 0 Å². The van der Waals surface area contributed by atoms with Gasteiger partial charge in [0.1, 0.15) is 11.6 Å². The fourth-order valence-corrected chi connectivity index (χ4v) is 1.61. The van der Waals surface area contributed by atoms with Gasteiger partial charge >= 0.3 is 7.12 Å². The molecule has 0 heterocycles. The van der Waals surface area contributed by atoms with Gasteiger partial charge in [-0.3, -0.25) is 20.1 Å². The second kappa shape index (κ2) is 5.43. The molecule has 15 heavy (non-hydrogen) atoms.